The van der Waals surface area contributed by atoms with E-state index in [2.05, 4.69) is 112 Å². The third-order valence-corrected chi connectivity index (χ3v) is 7.84. The molecule has 0 radical (unpaired) electrons. The molecule has 0 aliphatic carbocycles. The molecule has 1 unspecified atom stereocenters. The van der Waals surface area contributed by atoms with Crippen LogP contribution in [0.3, 0.4) is 0 Å². The summed E-state index contributed by atoms with van der Waals surface area (Å²) in [6.45, 7) is 2.14. The first kappa shape index (κ1) is 25.2. The topological polar surface area (TPSA) is 63.1 Å². The van der Waals surface area contributed by atoms with Gasteiger partial charge in [-0.1, -0.05) is 36.9 Å². The highest BCUT2D eigenvalue weighted by atomic mass is 127. The van der Waals surface area contributed by atoms with Gasteiger partial charge in [0.25, 0.3) is 0 Å². The number of carbonyl (C=O) groups excluding carboxylic acids is 1. The third kappa shape index (κ3) is 6.32. The van der Waals surface area contributed by atoms with Crippen molar-refractivity contribution in [3.63, 3.8) is 0 Å². The van der Waals surface area contributed by atoms with E-state index in [1.54, 1.807) is 0 Å². The molecule has 3 aromatic rings. The van der Waals surface area contributed by atoms with Gasteiger partial charge >= 0.3 is 0 Å². The van der Waals surface area contributed by atoms with Crippen molar-refractivity contribution in [3.8, 4) is 5.69 Å². The lowest BCUT2D eigenvalue weighted by Crippen LogP contribution is -2.23. The summed E-state index contributed by atoms with van der Waals surface area (Å²) in [5.74, 6) is 1.07. The fourth-order valence-electron chi connectivity index (χ4n) is 3.16. The van der Waals surface area contributed by atoms with Gasteiger partial charge in [0.2, 0.25) is 5.91 Å². The fourth-order valence-corrected chi connectivity index (χ4v) is 7.77. The van der Waals surface area contributed by atoms with Crippen LogP contribution in [0.25, 0.3) is 5.69 Å². The predicted octanol–water partition coefficient (Wildman–Crippen LogP) is 5.82. The van der Waals surface area contributed by atoms with E-state index in [9.17, 15) is 4.79 Å². The molecule has 0 aliphatic rings. The maximum atomic E-state index is 12.7. The average Bonchev–Trinajstić information content (AvgIpc) is 3.13. The number of benzene rings is 2. The Hall–Kier alpha value is -0.450. The van der Waals surface area contributed by atoms with Gasteiger partial charge in [-0.05, 0) is 113 Å². The number of anilines is 1. The number of thioether (sulfide) groups is 1. The number of nitrogens with zero attached hydrogens (tertiary/aromatic N) is 4. The number of nitrogens with one attached hydrogen (secondary N) is 1. The summed E-state index contributed by atoms with van der Waals surface area (Å²) in [5.41, 5.74) is 1.85. The van der Waals surface area contributed by atoms with Crippen molar-refractivity contribution in [2.75, 3.05) is 25.2 Å². The summed E-state index contributed by atoms with van der Waals surface area (Å²) < 4.78 is 5.26. The Morgan fingerprint density at radius 3 is 2.35 bits per heavy atom. The molecule has 1 N–H and O–H groups in total. The normalized spacial score (nSPS) is 12.2. The van der Waals surface area contributed by atoms with Gasteiger partial charge in [-0.2, -0.15) is 0 Å². The second-order valence-corrected chi connectivity index (χ2v) is 11.5. The van der Waals surface area contributed by atoms with Gasteiger partial charge in [0.05, 0.1) is 17.5 Å². The fraction of sp³-hybridized carbons (Fsp3) is 0.286. The van der Waals surface area contributed by atoms with Crippen LogP contribution >= 0.6 is 79.5 Å². The van der Waals surface area contributed by atoms with Gasteiger partial charge in [0.1, 0.15) is 0 Å². The van der Waals surface area contributed by atoms with Gasteiger partial charge in [0, 0.05) is 16.4 Å². The summed E-state index contributed by atoms with van der Waals surface area (Å²) in [5, 5.41) is 12.7. The molecule has 164 valence electrons. The summed E-state index contributed by atoms with van der Waals surface area (Å²) in [4.78, 5) is 14.9. The van der Waals surface area contributed by atoms with Gasteiger partial charge in [-0.3, -0.25) is 14.3 Å². The molecule has 0 saturated carbocycles. The van der Waals surface area contributed by atoms with Crippen molar-refractivity contribution in [2.24, 2.45) is 0 Å². The molecular weight excluding hydrogens is 751 g/mol. The summed E-state index contributed by atoms with van der Waals surface area (Å²) >= 11 is 8.19. The molecule has 1 atom stereocenters. The van der Waals surface area contributed by atoms with Crippen molar-refractivity contribution in [1.29, 1.82) is 0 Å². The van der Waals surface area contributed by atoms with Gasteiger partial charge in [-0.25, -0.2) is 0 Å². The van der Waals surface area contributed by atoms with E-state index in [1.165, 1.54) is 11.8 Å². The van der Waals surface area contributed by atoms with Crippen LogP contribution in [0.5, 0.6) is 0 Å². The number of para-hydroxylation sites is 1. The molecule has 1 heterocycles. The number of halogens is 3. The zero-order chi connectivity index (χ0) is 22.5. The van der Waals surface area contributed by atoms with E-state index in [1.807, 2.05) is 44.4 Å². The Balaban J connectivity index is 1.83. The largest absolute Gasteiger partial charge is 0.324 e. The number of carbonyl (C=O) groups is 1. The van der Waals surface area contributed by atoms with Crippen LogP contribution in [0.4, 0.5) is 5.69 Å². The Morgan fingerprint density at radius 1 is 1.13 bits per heavy atom. The van der Waals surface area contributed by atoms with Crippen LogP contribution in [0.15, 0.2) is 47.6 Å². The minimum atomic E-state index is -0.0640. The molecule has 0 aliphatic heterocycles. The second-order valence-electron chi connectivity index (χ2n) is 6.98. The highest BCUT2D eigenvalue weighted by Gasteiger charge is 2.23. The summed E-state index contributed by atoms with van der Waals surface area (Å²) in [6, 6.07) is 14.3. The quantitative estimate of drug-likeness (QED) is 0.231. The maximum absolute atomic E-state index is 12.7. The first-order chi connectivity index (χ1) is 14.8. The first-order valence-corrected chi connectivity index (χ1v) is 13.8. The number of rotatable bonds is 8. The highest BCUT2D eigenvalue weighted by Crippen LogP contribution is 2.30. The molecule has 0 saturated heterocycles. The van der Waals surface area contributed by atoms with E-state index in [4.69, 9.17) is 0 Å². The Kier molecular flexibility index (Phi) is 9.43. The molecule has 3 rings (SSSR count). The molecule has 1 amide bonds. The zero-order valence-electron chi connectivity index (χ0n) is 17.3. The SMILES string of the molecule is CCC(c1nnc(SCC(=O)Nc2c(I)cc(I)cc2I)n1-c1ccccc1)N(C)C. The van der Waals surface area contributed by atoms with Crippen molar-refractivity contribution < 1.29 is 4.79 Å². The lowest BCUT2D eigenvalue weighted by molar-refractivity contribution is -0.113. The second kappa shape index (κ2) is 11.6. The van der Waals surface area contributed by atoms with Gasteiger partial charge in [-0.15, -0.1) is 10.2 Å². The van der Waals surface area contributed by atoms with Crippen molar-refractivity contribution in [2.45, 2.75) is 24.5 Å². The van der Waals surface area contributed by atoms with E-state index >= 15 is 0 Å². The van der Waals surface area contributed by atoms with Crippen molar-refractivity contribution >= 4 is 91.1 Å². The third-order valence-electron chi connectivity index (χ3n) is 4.58. The van der Waals surface area contributed by atoms with Crippen LogP contribution in [0, 0.1) is 10.7 Å². The van der Waals surface area contributed by atoms with Crippen LogP contribution in [0.1, 0.15) is 25.2 Å². The molecule has 10 heteroatoms. The Labute approximate surface area is 227 Å². The molecule has 2 aromatic carbocycles. The van der Waals surface area contributed by atoms with Crippen LogP contribution in [-0.4, -0.2) is 45.4 Å². The predicted molar refractivity (Wildman–Crippen MR) is 152 cm³/mol. The smallest absolute Gasteiger partial charge is 0.234 e. The summed E-state index contributed by atoms with van der Waals surface area (Å²) in [6.07, 6.45) is 0.910. The Morgan fingerprint density at radius 2 is 1.77 bits per heavy atom. The lowest BCUT2D eigenvalue weighted by atomic mass is 10.2. The van der Waals surface area contributed by atoms with Crippen molar-refractivity contribution in [1.82, 2.24) is 19.7 Å². The molecule has 0 bridgehead atoms. The monoisotopic (exact) mass is 773 g/mol. The Bertz CT molecular complexity index is 1040. The minimum Gasteiger partial charge on any atom is -0.324 e. The number of hydrogen-bond donors (Lipinski definition) is 1. The molecule has 6 nitrogen and oxygen atoms in total. The van der Waals surface area contributed by atoms with E-state index < -0.39 is 0 Å². The lowest BCUT2D eigenvalue weighted by Gasteiger charge is -2.23. The molecule has 1 aromatic heterocycles. The molecule has 31 heavy (non-hydrogen) atoms. The number of aromatic nitrogens is 3. The first-order valence-electron chi connectivity index (χ1n) is 9.56. The minimum absolute atomic E-state index is 0.0640. The standard InChI is InChI=1S/C21H22I3N5OS/c1-4-17(28(2)3)20-26-27-21(29(20)14-8-6-5-7-9-14)31-12-18(30)25-19-15(23)10-13(22)11-16(19)24/h5-11,17H,4,12H2,1-3H3,(H,25,30). The number of hydrogen-bond acceptors (Lipinski definition) is 5. The van der Waals surface area contributed by atoms with E-state index in [0.29, 0.717) is 5.16 Å². The summed E-state index contributed by atoms with van der Waals surface area (Å²) in [7, 11) is 4.09. The van der Waals surface area contributed by atoms with E-state index in [0.717, 1.165) is 34.3 Å². The maximum Gasteiger partial charge on any atom is 0.234 e. The van der Waals surface area contributed by atoms with Gasteiger partial charge in [0.15, 0.2) is 11.0 Å². The molecular formula is C21H22I3N5OS. The van der Waals surface area contributed by atoms with Crippen LogP contribution < -0.4 is 5.32 Å². The highest BCUT2D eigenvalue weighted by molar-refractivity contribution is 14.1. The zero-order valence-corrected chi connectivity index (χ0v) is 24.6. The molecule has 0 spiro atoms. The van der Waals surface area contributed by atoms with Crippen LogP contribution in [0.2, 0.25) is 0 Å². The van der Waals surface area contributed by atoms with Crippen LogP contribution in [-0.2, 0) is 4.79 Å². The van der Waals surface area contributed by atoms with E-state index in [-0.39, 0.29) is 17.7 Å². The van der Waals surface area contributed by atoms with Crippen molar-refractivity contribution in [3.05, 3.63) is 59.0 Å². The average molecular weight is 773 g/mol. The molecule has 0 fully saturated rings. The van der Waals surface area contributed by atoms with Gasteiger partial charge < -0.3 is 5.32 Å². The number of amides is 1.